The fourth-order valence-corrected chi connectivity index (χ4v) is 2.46. The van der Waals surface area contributed by atoms with Crippen molar-refractivity contribution in [1.29, 1.82) is 0 Å². The molecule has 0 spiro atoms. The number of benzene rings is 1. The van der Waals surface area contributed by atoms with Gasteiger partial charge in [0.05, 0.1) is 33.0 Å². The summed E-state index contributed by atoms with van der Waals surface area (Å²) in [4.78, 5) is 12.0. The van der Waals surface area contributed by atoms with Crippen LogP contribution in [0.15, 0.2) is 24.3 Å². The van der Waals surface area contributed by atoms with Gasteiger partial charge in [0.15, 0.2) is 6.10 Å². The molecule has 0 unspecified atom stereocenters. The van der Waals surface area contributed by atoms with E-state index in [4.69, 9.17) is 28.4 Å². The van der Waals surface area contributed by atoms with Crippen molar-refractivity contribution in [3.63, 3.8) is 0 Å². The molecular weight excluding hydrogens is 364 g/mol. The molecule has 0 radical (unpaired) electrons. The van der Waals surface area contributed by atoms with Crippen LogP contribution in [0.2, 0.25) is 0 Å². The van der Waals surface area contributed by atoms with Crippen molar-refractivity contribution < 1.29 is 33.2 Å². The molecule has 7 heteroatoms. The molecule has 7 nitrogen and oxygen atoms in total. The zero-order valence-electron chi connectivity index (χ0n) is 17.3. The van der Waals surface area contributed by atoms with Gasteiger partial charge in [0.25, 0.3) is 0 Å². The van der Waals surface area contributed by atoms with Gasteiger partial charge in [0.2, 0.25) is 0 Å². The highest BCUT2D eigenvalue weighted by Gasteiger charge is 2.48. The number of hydrogen-bond acceptors (Lipinski definition) is 7. The Bertz CT molecular complexity index is 579. The predicted molar refractivity (Wildman–Crippen MR) is 104 cm³/mol. The smallest absolute Gasteiger partial charge is 0.338 e. The van der Waals surface area contributed by atoms with Crippen LogP contribution < -0.4 is 4.74 Å². The largest absolute Gasteiger partial charge is 0.491 e. The average molecular weight is 396 g/mol. The van der Waals surface area contributed by atoms with E-state index in [1.165, 1.54) is 0 Å². The van der Waals surface area contributed by atoms with E-state index in [-0.39, 0.29) is 12.1 Å². The number of epoxide rings is 1. The average Bonchev–Trinajstić information content (AvgIpc) is 3.43. The van der Waals surface area contributed by atoms with E-state index in [0.717, 1.165) is 11.3 Å². The number of carbonyl (C=O) groups excluding carboxylic acids is 1. The molecule has 0 bridgehead atoms. The Labute approximate surface area is 167 Å². The Kier molecular flexibility index (Phi) is 9.18. The first-order chi connectivity index (χ1) is 13.4. The van der Waals surface area contributed by atoms with Gasteiger partial charge < -0.3 is 28.4 Å². The molecular formula is C21H32O7. The molecule has 1 aromatic rings. The van der Waals surface area contributed by atoms with Crippen molar-refractivity contribution >= 4 is 5.97 Å². The van der Waals surface area contributed by atoms with Crippen LogP contribution in [0.1, 0.15) is 39.4 Å². The molecule has 1 aliphatic heterocycles. The van der Waals surface area contributed by atoms with Crippen LogP contribution in [0, 0.1) is 0 Å². The maximum absolute atomic E-state index is 12.0. The topological polar surface area (TPSA) is 75.8 Å². The minimum absolute atomic E-state index is 0.241. The van der Waals surface area contributed by atoms with Crippen LogP contribution in [0.3, 0.4) is 0 Å². The molecule has 2 rings (SSSR count). The zero-order valence-corrected chi connectivity index (χ0v) is 17.3. The van der Waals surface area contributed by atoms with E-state index in [2.05, 4.69) is 0 Å². The highest BCUT2D eigenvalue weighted by Crippen LogP contribution is 2.40. The number of hydrogen-bond donors (Lipinski definition) is 0. The van der Waals surface area contributed by atoms with Crippen LogP contribution >= 0.6 is 0 Å². The van der Waals surface area contributed by atoms with Gasteiger partial charge in [0.1, 0.15) is 24.1 Å². The Morgan fingerprint density at radius 3 is 2.07 bits per heavy atom. The molecule has 2 atom stereocenters. The normalized spacial score (nSPS) is 18.7. The summed E-state index contributed by atoms with van der Waals surface area (Å²) in [6, 6.07) is 7.52. The minimum Gasteiger partial charge on any atom is -0.491 e. The van der Waals surface area contributed by atoms with E-state index >= 15 is 0 Å². The molecule has 28 heavy (non-hydrogen) atoms. The lowest BCUT2D eigenvalue weighted by Crippen LogP contribution is -2.26. The van der Waals surface area contributed by atoms with Crippen LogP contribution in [0.25, 0.3) is 0 Å². The van der Waals surface area contributed by atoms with Gasteiger partial charge in [-0.1, -0.05) is 12.1 Å². The molecule has 0 saturated carbocycles. The molecule has 1 fully saturated rings. The molecule has 1 saturated heterocycles. The van der Waals surface area contributed by atoms with Gasteiger partial charge in [-0.15, -0.1) is 0 Å². The number of ether oxygens (including phenoxy) is 6. The number of esters is 1. The van der Waals surface area contributed by atoms with Crippen LogP contribution in [0.4, 0.5) is 0 Å². The number of rotatable bonds is 13. The molecule has 1 heterocycles. The third kappa shape index (κ3) is 8.56. The number of carbonyl (C=O) groups is 1. The summed E-state index contributed by atoms with van der Waals surface area (Å²) in [5.74, 6) is 0.423. The van der Waals surface area contributed by atoms with Gasteiger partial charge in [0, 0.05) is 6.61 Å². The molecule has 0 amide bonds. The maximum Gasteiger partial charge on any atom is 0.338 e. The van der Waals surface area contributed by atoms with Gasteiger partial charge in [-0.05, 0) is 45.4 Å². The fourth-order valence-electron chi connectivity index (χ4n) is 2.46. The van der Waals surface area contributed by atoms with Crippen molar-refractivity contribution in [3.05, 3.63) is 29.8 Å². The first-order valence-electron chi connectivity index (χ1n) is 9.75. The molecule has 158 valence electrons. The third-order valence-electron chi connectivity index (χ3n) is 3.78. The van der Waals surface area contributed by atoms with Gasteiger partial charge in [-0.3, -0.25) is 0 Å². The van der Waals surface area contributed by atoms with E-state index < -0.39 is 11.7 Å². The molecule has 1 aromatic carbocycles. The summed E-state index contributed by atoms with van der Waals surface area (Å²) in [6.07, 6.45) is -0.759. The second kappa shape index (κ2) is 11.4. The second-order valence-electron chi connectivity index (χ2n) is 7.35. The standard InChI is InChI=1S/C21H32O7/c1-5-23-10-11-24-12-13-25-14-15-26-17-8-6-16(7-9-17)18-19(27-18)20(22)28-21(2,3)4/h6-9,18-19H,5,10-15H2,1-4H3/t18-,19+/m1/s1. The first-order valence-corrected chi connectivity index (χ1v) is 9.75. The van der Waals surface area contributed by atoms with Crippen molar-refractivity contribution in [2.24, 2.45) is 0 Å². The zero-order chi connectivity index (χ0) is 20.4. The fraction of sp³-hybridized carbons (Fsp3) is 0.667. The monoisotopic (exact) mass is 396 g/mol. The predicted octanol–water partition coefficient (Wildman–Crippen LogP) is 2.92. The Balaban J connectivity index is 1.57. The maximum atomic E-state index is 12.0. The third-order valence-corrected chi connectivity index (χ3v) is 3.78. The highest BCUT2D eigenvalue weighted by molar-refractivity contribution is 5.78. The Hall–Kier alpha value is -1.67. The van der Waals surface area contributed by atoms with Crippen molar-refractivity contribution in [1.82, 2.24) is 0 Å². The van der Waals surface area contributed by atoms with E-state index in [9.17, 15) is 4.79 Å². The van der Waals surface area contributed by atoms with E-state index in [1.54, 1.807) is 0 Å². The molecule has 1 aliphatic rings. The molecule has 0 aromatic heterocycles. The minimum atomic E-state index is -0.518. The lowest BCUT2D eigenvalue weighted by molar-refractivity contribution is -0.156. The van der Waals surface area contributed by atoms with Crippen LogP contribution in [0.5, 0.6) is 5.75 Å². The second-order valence-corrected chi connectivity index (χ2v) is 7.35. The molecule has 0 N–H and O–H groups in total. The van der Waals surface area contributed by atoms with Gasteiger partial charge >= 0.3 is 5.97 Å². The lowest BCUT2D eigenvalue weighted by atomic mass is 10.1. The van der Waals surface area contributed by atoms with Crippen molar-refractivity contribution in [2.45, 2.75) is 45.5 Å². The van der Waals surface area contributed by atoms with E-state index in [0.29, 0.717) is 46.2 Å². The van der Waals surface area contributed by atoms with Gasteiger partial charge in [-0.2, -0.15) is 0 Å². The summed E-state index contributed by atoms with van der Waals surface area (Å²) in [5, 5.41) is 0. The van der Waals surface area contributed by atoms with Crippen molar-refractivity contribution in [2.75, 3.05) is 46.2 Å². The van der Waals surface area contributed by atoms with Crippen molar-refractivity contribution in [3.8, 4) is 5.75 Å². The van der Waals surface area contributed by atoms with Crippen LogP contribution in [-0.4, -0.2) is 63.9 Å². The molecule has 0 aliphatic carbocycles. The quantitative estimate of drug-likeness (QED) is 0.288. The Morgan fingerprint density at radius 2 is 1.50 bits per heavy atom. The lowest BCUT2D eigenvalue weighted by Gasteiger charge is -2.18. The van der Waals surface area contributed by atoms with Crippen LogP contribution in [-0.2, 0) is 28.5 Å². The first kappa shape index (κ1) is 22.6. The SMILES string of the molecule is CCOCCOCCOCCOc1ccc([C@H]2O[C@@H]2C(=O)OC(C)(C)C)cc1. The highest BCUT2D eigenvalue weighted by atomic mass is 16.6. The summed E-state index contributed by atoms with van der Waals surface area (Å²) in [7, 11) is 0. The Morgan fingerprint density at radius 1 is 0.929 bits per heavy atom. The summed E-state index contributed by atoms with van der Waals surface area (Å²) < 4.78 is 32.4. The van der Waals surface area contributed by atoms with Gasteiger partial charge in [-0.25, -0.2) is 4.79 Å². The summed E-state index contributed by atoms with van der Waals surface area (Å²) in [5.41, 5.74) is 0.423. The summed E-state index contributed by atoms with van der Waals surface area (Å²) >= 11 is 0. The van der Waals surface area contributed by atoms with E-state index in [1.807, 2.05) is 52.0 Å². The summed E-state index contributed by atoms with van der Waals surface area (Å²) in [6.45, 7) is 11.4.